The lowest BCUT2D eigenvalue weighted by Gasteiger charge is -2.13. The molecule has 1 rings (SSSR count). The van der Waals surface area contributed by atoms with E-state index in [9.17, 15) is 4.39 Å². The number of halogens is 2. The van der Waals surface area contributed by atoms with Gasteiger partial charge in [0, 0.05) is 5.38 Å². The zero-order chi connectivity index (χ0) is 9.14. The van der Waals surface area contributed by atoms with Crippen LogP contribution < -0.4 is 0 Å². The molecule has 1 aromatic carbocycles. The van der Waals surface area contributed by atoms with E-state index in [0.717, 1.165) is 5.56 Å². The Kier molecular flexibility index (Phi) is 3.10. The summed E-state index contributed by atoms with van der Waals surface area (Å²) in [5, 5.41) is 0.0341. The van der Waals surface area contributed by atoms with Crippen molar-refractivity contribution in [3.63, 3.8) is 0 Å². The van der Waals surface area contributed by atoms with E-state index in [1.807, 2.05) is 19.9 Å². The largest absolute Gasteiger partial charge is 0.207 e. The molecule has 0 fully saturated rings. The van der Waals surface area contributed by atoms with Gasteiger partial charge in [0.1, 0.15) is 5.82 Å². The van der Waals surface area contributed by atoms with Crippen LogP contribution in [0.4, 0.5) is 4.39 Å². The summed E-state index contributed by atoms with van der Waals surface area (Å²) in [4.78, 5) is 0. The molecule has 66 valence electrons. The molecule has 12 heavy (non-hydrogen) atoms. The second-order valence-electron chi connectivity index (χ2n) is 3.02. The Morgan fingerprint density at radius 1 is 1.33 bits per heavy atom. The van der Waals surface area contributed by atoms with Crippen LogP contribution in [0, 0.1) is 5.82 Å². The van der Waals surface area contributed by atoms with Gasteiger partial charge in [0.2, 0.25) is 0 Å². The third-order valence-electron chi connectivity index (χ3n) is 2.06. The van der Waals surface area contributed by atoms with E-state index in [-0.39, 0.29) is 17.1 Å². The summed E-state index contributed by atoms with van der Waals surface area (Å²) < 4.78 is 12.7. The Morgan fingerprint density at radius 2 is 2.00 bits per heavy atom. The third-order valence-corrected chi connectivity index (χ3v) is 2.44. The van der Waals surface area contributed by atoms with Crippen LogP contribution >= 0.6 is 11.6 Å². The first-order chi connectivity index (χ1) is 5.61. The maximum atomic E-state index is 12.7. The molecule has 0 spiro atoms. The van der Waals surface area contributed by atoms with Crippen molar-refractivity contribution in [2.45, 2.75) is 25.1 Å². The van der Waals surface area contributed by atoms with E-state index in [4.69, 9.17) is 11.6 Å². The zero-order valence-corrected chi connectivity index (χ0v) is 7.98. The summed E-state index contributed by atoms with van der Waals surface area (Å²) in [6, 6.07) is 6.58. The van der Waals surface area contributed by atoms with Gasteiger partial charge in [-0.3, -0.25) is 0 Å². The van der Waals surface area contributed by atoms with E-state index in [0.29, 0.717) is 0 Å². The minimum Gasteiger partial charge on any atom is -0.207 e. The second kappa shape index (κ2) is 3.90. The van der Waals surface area contributed by atoms with Crippen molar-refractivity contribution in [3.05, 3.63) is 35.6 Å². The molecule has 0 aliphatic carbocycles. The molecule has 0 aliphatic rings. The van der Waals surface area contributed by atoms with Gasteiger partial charge in [0.15, 0.2) is 0 Å². The average Bonchev–Trinajstić information content (AvgIpc) is 2.03. The van der Waals surface area contributed by atoms with Crippen LogP contribution in [0.15, 0.2) is 24.3 Å². The monoisotopic (exact) mass is 186 g/mol. The molecular formula is C10H12ClF. The predicted molar refractivity (Wildman–Crippen MR) is 50.1 cm³/mol. The lowest BCUT2D eigenvalue weighted by molar-refractivity contribution is 0.620. The van der Waals surface area contributed by atoms with Gasteiger partial charge in [-0.05, 0) is 30.5 Å². The molecule has 0 saturated heterocycles. The zero-order valence-electron chi connectivity index (χ0n) is 7.22. The van der Waals surface area contributed by atoms with Crippen molar-refractivity contribution < 1.29 is 4.39 Å². The highest BCUT2D eigenvalue weighted by molar-refractivity contribution is 6.20. The molecular weight excluding hydrogens is 175 g/mol. The van der Waals surface area contributed by atoms with E-state index in [2.05, 4.69) is 0 Å². The number of hydrogen-bond acceptors (Lipinski definition) is 0. The highest BCUT2D eigenvalue weighted by atomic mass is 35.5. The number of rotatable bonds is 2. The van der Waals surface area contributed by atoms with Gasteiger partial charge in [0.25, 0.3) is 0 Å². The molecule has 2 unspecified atom stereocenters. The molecule has 0 aliphatic heterocycles. The standard InChI is InChI=1S/C10H12ClF/c1-7(8(2)11)9-4-3-5-10(12)6-9/h3-8H,1-2H3. The van der Waals surface area contributed by atoms with Crippen molar-refractivity contribution in [1.29, 1.82) is 0 Å². The van der Waals surface area contributed by atoms with E-state index in [1.165, 1.54) is 12.1 Å². The second-order valence-corrected chi connectivity index (χ2v) is 3.71. The van der Waals surface area contributed by atoms with Crippen molar-refractivity contribution in [2.75, 3.05) is 0 Å². The van der Waals surface area contributed by atoms with Gasteiger partial charge in [-0.15, -0.1) is 11.6 Å². The van der Waals surface area contributed by atoms with E-state index >= 15 is 0 Å². The minimum absolute atomic E-state index is 0.0341. The molecule has 0 amide bonds. The Hall–Kier alpha value is -0.560. The summed E-state index contributed by atoms with van der Waals surface area (Å²) in [6.45, 7) is 3.91. The smallest absolute Gasteiger partial charge is 0.123 e. The summed E-state index contributed by atoms with van der Waals surface area (Å²) in [7, 11) is 0. The fourth-order valence-corrected chi connectivity index (χ4v) is 1.20. The van der Waals surface area contributed by atoms with Crippen LogP contribution in [0.1, 0.15) is 25.3 Å². The maximum absolute atomic E-state index is 12.7. The van der Waals surface area contributed by atoms with E-state index in [1.54, 1.807) is 6.07 Å². The van der Waals surface area contributed by atoms with Crippen molar-refractivity contribution in [3.8, 4) is 0 Å². The number of benzene rings is 1. The van der Waals surface area contributed by atoms with Gasteiger partial charge in [-0.25, -0.2) is 4.39 Å². The Labute approximate surface area is 77.4 Å². The molecule has 0 heterocycles. The highest BCUT2D eigenvalue weighted by Gasteiger charge is 2.11. The SMILES string of the molecule is CC(Cl)C(C)c1cccc(F)c1. The first-order valence-electron chi connectivity index (χ1n) is 4.01. The fourth-order valence-electron chi connectivity index (χ4n) is 1.06. The molecule has 0 aromatic heterocycles. The van der Waals surface area contributed by atoms with Gasteiger partial charge in [0.05, 0.1) is 0 Å². The summed E-state index contributed by atoms with van der Waals surface area (Å²) in [6.07, 6.45) is 0. The van der Waals surface area contributed by atoms with Crippen LogP contribution in [-0.4, -0.2) is 5.38 Å². The van der Waals surface area contributed by atoms with Crippen molar-refractivity contribution in [2.24, 2.45) is 0 Å². The van der Waals surface area contributed by atoms with Gasteiger partial charge < -0.3 is 0 Å². The Bertz CT molecular complexity index is 258. The molecule has 0 N–H and O–H groups in total. The topological polar surface area (TPSA) is 0 Å². The lowest BCUT2D eigenvalue weighted by atomic mass is 9.98. The molecule has 1 aromatic rings. The quantitative estimate of drug-likeness (QED) is 0.620. The molecule has 0 bridgehead atoms. The molecule has 0 nitrogen and oxygen atoms in total. The highest BCUT2D eigenvalue weighted by Crippen LogP contribution is 2.22. The Morgan fingerprint density at radius 3 is 2.50 bits per heavy atom. The maximum Gasteiger partial charge on any atom is 0.123 e. The Balaban J connectivity index is 2.88. The van der Waals surface area contributed by atoms with Gasteiger partial charge >= 0.3 is 0 Å². The summed E-state index contributed by atoms with van der Waals surface area (Å²) >= 11 is 5.89. The molecule has 0 radical (unpaired) electrons. The molecule has 2 atom stereocenters. The van der Waals surface area contributed by atoms with Crippen molar-refractivity contribution >= 4 is 11.6 Å². The van der Waals surface area contributed by atoms with Crippen LogP contribution in [-0.2, 0) is 0 Å². The van der Waals surface area contributed by atoms with Crippen LogP contribution in [0.2, 0.25) is 0 Å². The fraction of sp³-hybridized carbons (Fsp3) is 0.400. The normalized spacial score (nSPS) is 15.7. The molecule has 0 saturated carbocycles. The summed E-state index contributed by atoms with van der Waals surface area (Å²) in [5.41, 5.74) is 0.956. The lowest BCUT2D eigenvalue weighted by Crippen LogP contribution is -2.04. The first-order valence-corrected chi connectivity index (χ1v) is 4.44. The van der Waals surface area contributed by atoms with E-state index < -0.39 is 0 Å². The van der Waals surface area contributed by atoms with Crippen molar-refractivity contribution in [1.82, 2.24) is 0 Å². The summed E-state index contributed by atoms with van der Waals surface area (Å²) in [5.74, 6) is -0.000895. The molecule has 2 heteroatoms. The third kappa shape index (κ3) is 2.21. The van der Waals surface area contributed by atoms with Gasteiger partial charge in [-0.1, -0.05) is 19.1 Å². The van der Waals surface area contributed by atoms with Crippen LogP contribution in [0.25, 0.3) is 0 Å². The van der Waals surface area contributed by atoms with Gasteiger partial charge in [-0.2, -0.15) is 0 Å². The number of alkyl halides is 1. The average molecular weight is 187 g/mol. The number of hydrogen-bond donors (Lipinski definition) is 0. The van der Waals surface area contributed by atoms with Crippen LogP contribution in [0.5, 0.6) is 0 Å². The van der Waals surface area contributed by atoms with Crippen LogP contribution in [0.3, 0.4) is 0 Å². The minimum atomic E-state index is -0.198. The predicted octanol–water partition coefficient (Wildman–Crippen LogP) is 3.56. The first kappa shape index (κ1) is 9.53.